The number of ether oxygens (including phenoxy) is 2. The lowest BCUT2D eigenvalue weighted by Crippen LogP contribution is -2.45. The lowest BCUT2D eigenvalue weighted by Gasteiger charge is -2.31. The Balaban J connectivity index is 1.64. The second kappa shape index (κ2) is 9.03. The van der Waals surface area contributed by atoms with E-state index in [1.807, 2.05) is 0 Å². The zero-order valence-electron chi connectivity index (χ0n) is 17.5. The largest absolute Gasteiger partial charge is 0.475 e. The zero-order chi connectivity index (χ0) is 23.0. The van der Waals surface area contributed by atoms with Crippen molar-refractivity contribution in [3.63, 3.8) is 0 Å². The van der Waals surface area contributed by atoms with Crippen molar-refractivity contribution in [1.82, 2.24) is 9.55 Å². The average Bonchev–Trinajstić information content (AvgIpc) is 2.91. The number of aromatic nitrogens is 2. The molecule has 0 amide bonds. The molecular weight excluding hydrogens is 441 g/mol. The lowest BCUT2D eigenvalue weighted by molar-refractivity contribution is -0.152. The molecule has 2 fully saturated rings. The topological polar surface area (TPSA) is 115 Å². The Labute approximate surface area is 177 Å². The molecule has 2 aliphatic heterocycles. The zero-order valence-corrected chi connectivity index (χ0v) is 18.4. The smallest absolute Gasteiger partial charge is 0.463 e. The number of fused-ring (bicyclic) bond motifs is 1. The quantitative estimate of drug-likeness (QED) is 0.442. The Bertz CT molecular complexity index is 924. The molecule has 1 aromatic rings. The summed E-state index contributed by atoms with van der Waals surface area (Å²) in [6.45, 7) is 5.84. The van der Waals surface area contributed by atoms with Crippen molar-refractivity contribution in [2.75, 3.05) is 13.2 Å². The first kappa shape index (κ1) is 23.9. The standard InChI is InChI=1S/C18H25F2N2O8P/c1-10(2)28-15(23)11(3)6-8-26-31(25)27-9-13-14(30-31)18(19,20)16(29-13)22-7-5-12(4)21-17(22)24/h5,7,10-11,13-14,16H,6,8-9H2,1-4H3/t11-,13-,14-,16-,31?/m1/s1. The van der Waals surface area contributed by atoms with Crippen molar-refractivity contribution in [2.24, 2.45) is 5.92 Å². The number of halogens is 2. The van der Waals surface area contributed by atoms with Gasteiger partial charge in [-0.1, -0.05) is 6.92 Å². The van der Waals surface area contributed by atoms with Crippen LogP contribution >= 0.6 is 7.82 Å². The van der Waals surface area contributed by atoms with Gasteiger partial charge in [0.1, 0.15) is 6.10 Å². The molecule has 31 heavy (non-hydrogen) atoms. The molecule has 0 saturated carbocycles. The van der Waals surface area contributed by atoms with Crippen LogP contribution in [0.2, 0.25) is 0 Å². The molecule has 0 radical (unpaired) electrons. The second-order valence-electron chi connectivity index (χ2n) is 7.74. The summed E-state index contributed by atoms with van der Waals surface area (Å²) >= 11 is 0. The summed E-state index contributed by atoms with van der Waals surface area (Å²) < 4.78 is 68.9. The lowest BCUT2D eigenvalue weighted by atomic mass is 10.1. The Morgan fingerprint density at radius 3 is 2.77 bits per heavy atom. The minimum absolute atomic E-state index is 0.121. The number of rotatable bonds is 7. The fourth-order valence-electron chi connectivity index (χ4n) is 3.12. The van der Waals surface area contributed by atoms with Gasteiger partial charge in [0.15, 0.2) is 6.10 Å². The van der Waals surface area contributed by atoms with Gasteiger partial charge in [-0.2, -0.15) is 13.8 Å². The number of alkyl halides is 2. The number of carbonyl (C=O) groups excluding carboxylic acids is 1. The molecule has 3 rings (SSSR count). The summed E-state index contributed by atoms with van der Waals surface area (Å²) in [5.74, 6) is -4.73. The maximum absolute atomic E-state index is 15.0. The van der Waals surface area contributed by atoms with Gasteiger partial charge >= 0.3 is 25.4 Å². The predicted molar refractivity (Wildman–Crippen MR) is 101 cm³/mol. The molecule has 2 saturated heterocycles. The Morgan fingerprint density at radius 2 is 2.13 bits per heavy atom. The maximum Gasteiger partial charge on any atom is 0.475 e. The molecule has 5 atom stereocenters. The van der Waals surface area contributed by atoms with E-state index in [2.05, 4.69) is 4.98 Å². The third kappa shape index (κ3) is 5.20. The number of carbonyl (C=O) groups is 1. The number of aryl methyl sites for hydroxylation is 1. The summed E-state index contributed by atoms with van der Waals surface area (Å²) in [5, 5.41) is 0. The maximum atomic E-state index is 15.0. The Morgan fingerprint density at radius 1 is 1.42 bits per heavy atom. The van der Waals surface area contributed by atoms with E-state index < -0.39 is 56.4 Å². The molecular formula is C18H25F2N2O8P. The van der Waals surface area contributed by atoms with E-state index >= 15 is 8.78 Å². The number of hydrogen-bond donors (Lipinski definition) is 0. The Hall–Kier alpha value is -1.72. The van der Waals surface area contributed by atoms with E-state index in [-0.39, 0.29) is 19.1 Å². The first-order valence-electron chi connectivity index (χ1n) is 9.80. The molecule has 0 bridgehead atoms. The summed E-state index contributed by atoms with van der Waals surface area (Å²) in [5.41, 5.74) is -0.546. The van der Waals surface area contributed by atoms with Gasteiger partial charge in [0.25, 0.3) is 0 Å². The van der Waals surface area contributed by atoms with E-state index in [4.69, 9.17) is 23.0 Å². The molecule has 0 aromatic carbocycles. The van der Waals surface area contributed by atoms with Gasteiger partial charge in [-0.15, -0.1) is 0 Å². The average molecular weight is 466 g/mol. The van der Waals surface area contributed by atoms with Crippen molar-refractivity contribution in [1.29, 1.82) is 0 Å². The molecule has 174 valence electrons. The van der Waals surface area contributed by atoms with Gasteiger partial charge in [-0.3, -0.25) is 22.9 Å². The normalized spacial score (nSPS) is 30.7. The number of phosphoric ester groups is 1. The fraction of sp³-hybridized carbons (Fsp3) is 0.722. The van der Waals surface area contributed by atoms with Crippen LogP contribution in [0.4, 0.5) is 8.78 Å². The highest BCUT2D eigenvalue weighted by Gasteiger charge is 2.65. The third-order valence-corrected chi connectivity index (χ3v) is 6.22. The molecule has 0 spiro atoms. The van der Waals surface area contributed by atoms with Gasteiger partial charge in [0.05, 0.1) is 25.2 Å². The summed E-state index contributed by atoms with van der Waals surface area (Å²) in [7, 11) is -4.33. The van der Waals surface area contributed by atoms with Gasteiger partial charge in [0, 0.05) is 11.9 Å². The number of phosphoric acid groups is 1. The van der Waals surface area contributed by atoms with Crippen LogP contribution in [0.25, 0.3) is 0 Å². The van der Waals surface area contributed by atoms with Crippen molar-refractivity contribution in [2.45, 2.75) is 64.6 Å². The first-order chi connectivity index (χ1) is 14.4. The minimum atomic E-state index is -4.33. The number of nitrogens with zero attached hydrogens (tertiary/aromatic N) is 2. The number of esters is 1. The van der Waals surface area contributed by atoms with E-state index in [1.54, 1.807) is 27.7 Å². The van der Waals surface area contributed by atoms with Crippen molar-refractivity contribution in [3.8, 4) is 0 Å². The SMILES string of the molecule is Cc1ccn([C@@H]2O[C@@H]3COP(=O)(OCC[C@@H](C)C(=O)OC(C)C)O[C@H]3C2(F)F)c(=O)n1. The van der Waals surface area contributed by atoms with Crippen LogP contribution in [0.1, 0.15) is 39.1 Å². The monoisotopic (exact) mass is 466 g/mol. The van der Waals surface area contributed by atoms with Crippen molar-refractivity contribution < 1.29 is 41.2 Å². The van der Waals surface area contributed by atoms with Gasteiger partial charge in [-0.25, -0.2) is 9.36 Å². The Kier molecular flexibility index (Phi) is 6.97. The summed E-state index contributed by atoms with van der Waals surface area (Å²) in [6, 6.07) is 1.39. The molecule has 1 aromatic heterocycles. The van der Waals surface area contributed by atoms with Gasteiger partial charge in [-0.05, 0) is 33.3 Å². The fourth-order valence-corrected chi connectivity index (χ4v) is 4.53. The molecule has 3 heterocycles. The highest BCUT2D eigenvalue weighted by Crippen LogP contribution is 2.59. The van der Waals surface area contributed by atoms with Crippen LogP contribution in [-0.4, -0.2) is 53.0 Å². The first-order valence-corrected chi connectivity index (χ1v) is 11.3. The van der Waals surface area contributed by atoms with Crippen molar-refractivity contribution in [3.05, 3.63) is 28.4 Å². The molecule has 1 unspecified atom stereocenters. The highest BCUT2D eigenvalue weighted by atomic mass is 31.2. The van der Waals surface area contributed by atoms with Crippen molar-refractivity contribution >= 4 is 13.8 Å². The van der Waals surface area contributed by atoms with Gasteiger partial charge in [0.2, 0.25) is 6.23 Å². The van der Waals surface area contributed by atoms with E-state index in [0.717, 1.165) is 6.20 Å². The van der Waals surface area contributed by atoms with Crippen LogP contribution in [0.15, 0.2) is 17.1 Å². The van der Waals surface area contributed by atoms with Crippen LogP contribution in [-0.2, 0) is 32.4 Å². The summed E-state index contributed by atoms with van der Waals surface area (Å²) in [4.78, 5) is 27.5. The van der Waals surface area contributed by atoms with E-state index in [1.165, 1.54) is 6.07 Å². The van der Waals surface area contributed by atoms with E-state index in [9.17, 15) is 14.2 Å². The molecule has 2 aliphatic rings. The molecule has 10 nitrogen and oxygen atoms in total. The molecule has 0 N–H and O–H groups in total. The molecule has 13 heteroatoms. The van der Waals surface area contributed by atoms with E-state index in [0.29, 0.717) is 10.3 Å². The molecule has 0 aliphatic carbocycles. The van der Waals surface area contributed by atoms with Crippen LogP contribution in [0.3, 0.4) is 0 Å². The second-order valence-corrected chi connectivity index (χ2v) is 9.36. The van der Waals surface area contributed by atoms with Crippen LogP contribution in [0, 0.1) is 12.8 Å². The third-order valence-electron chi connectivity index (χ3n) is 4.77. The van der Waals surface area contributed by atoms with Crippen LogP contribution in [0.5, 0.6) is 0 Å². The predicted octanol–water partition coefficient (Wildman–Crippen LogP) is 2.60. The minimum Gasteiger partial charge on any atom is -0.463 e. The summed E-state index contributed by atoms with van der Waals surface area (Å²) in [6.07, 6.45) is -4.23. The van der Waals surface area contributed by atoms with Crippen LogP contribution < -0.4 is 5.69 Å². The highest BCUT2D eigenvalue weighted by molar-refractivity contribution is 7.48. The number of hydrogen-bond acceptors (Lipinski definition) is 9. The van der Waals surface area contributed by atoms with Gasteiger partial charge < -0.3 is 9.47 Å².